The van der Waals surface area contributed by atoms with Crippen LogP contribution in [0.4, 0.5) is 0 Å². The second kappa shape index (κ2) is 4.95. The molecule has 80 valence electrons. The summed E-state index contributed by atoms with van der Waals surface area (Å²) in [7, 11) is 3.34. The van der Waals surface area contributed by atoms with Crippen molar-refractivity contribution in [2.75, 3.05) is 33.7 Å². The fourth-order valence-corrected chi connectivity index (χ4v) is 1.34. The Bertz CT molecular complexity index is 222. The van der Waals surface area contributed by atoms with Crippen molar-refractivity contribution < 1.29 is 9.59 Å². The topological polar surface area (TPSA) is 61.4 Å². The average Bonchev–Trinajstić information content (AvgIpc) is 2.66. The maximum absolute atomic E-state index is 11.5. The summed E-state index contributed by atoms with van der Waals surface area (Å²) in [5.41, 5.74) is 0. The number of nitrogens with zero attached hydrogens (tertiary/aromatic N) is 1. The zero-order chi connectivity index (χ0) is 10.6. The van der Waals surface area contributed by atoms with Crippen molar-refractivity contribution >= 4 is 11.8 Å². The molecular formula is C9H17N3O2. The molecule has 1 aliphatic heterocycles. The van der Waals surface area contributed by atoms with E-state index in [1.807, 2.05) is 0 Å². The molecular weight excluding hydrogens is 182 g/mol. The molecule has 0 radical (unpaired) electrons. The van der Waals surface area contributed by atoms with E-state index in [9.17, 15) is 9.59 Å². The molecule has 1 saturated heterocycles. The summed E-state index contributed by atoms with van der Waals surface area (Å²) in [6.45, 7) is 1.71. The molecule has 5 heteroatoms. The van der Waals surface area contributed by atoms with Gasteiger partial charge in [0.05, 0.1) is 12.5 Å². The molecule has 1 aliphatic rings. The van der Waals surface area contributed by atoms with E-state index in [0.29, 0.717) is 0 Å². The van der Waals surface area contributed by atoms with Crippen molar-refractivity contribution in [1.29, 1.82) is 0 Å². The molecule has 0 aromatic rings. The Labute approximate surface area is 83.8 Å². The Hall–Kier alpha value is -1.10. The summed E-state index contributed by atoms with van der Waals surface area (Å²) in [6, 6.07) is 0. The summed E-state index contributed by atoms with van der Waals surface area (Å²) in [4.78, 5) is 24.1. The lowest BCUT2D eigenvalue weighted by atomic mass is 10.1. The lowest BCUT2D eigenvalue weighted by Gasteiger charge is -2.12. The molecule has 0 bridgehead atoms. The first-order valence-electron chi connectivity index (χ1n) is 4.80. The van der Waals surface area contributed by atoms with Crippen LogP contribution in [0.2, 0.25) is 0 Å². The highest BCUT2D eigenvalue weighted by Gasteiger charge is 2.22. The minimum absolute atomic E-state index is 0.0230. The number of amides is 2. The molecule has 0 aliphatic carbocycles. The smallest absolute Gasteiger partial charge is 0.241 e. The molecule has 0 saturated carbocycles. The van der Waals surface area contributed by atoms with E-state index in [2.05, 4.69) is 10.6 Å². The van der Waals surface area contributed by atoms with Gasteiger partial charge >= 0.3 is 0 Å². The summed E-state index contributed by atoms with van der Waals surface area (Å²) in [6.07, 6.45) is 0.863. The summed E-state index contributed by atoms with van der Waals surface area (Å²) in [5, 5.41) is 5.74. The molecule has 1 fully saturated rings. The standard InChI is InChI=1S/C9H17N3O2/c1-12(2)8(13)6-11-9(14)7-3-4-10-5-7/h7,10H,3-6H2,1-2H3,(H,11,14). The van der Waals surface area contributed by atoms with Crippen LogP contribution in [0.3, 0.4) is 0 Å². The number of nitrogens with one attached hydrogen (secondary N) is 2. The predicted octanol–water partition coefficient (Wildman–Crippen LogP) is -1.20. The van der Waals surface area contributed by atoms with Crippen LogP contribution >= 0.6 is 0 Å². The second-order valence-corrected chi connectivity index (χ2v) is 3.70. The van der Waals surface area contributed by atoms with Gasteiger partial charge in [0, 0.05) is 20.6 Å². The van der Waals surface area contributed by atoms with Gasteiger partial charge < -0.3 is 15.5 Å². The minimum atomic E-state index is -0.0793. The SMILES string of the molecule is CN(C)C(=O)CNC(=O)C1CCNC1. The molecule has 14 heavy (non-hydrogen) atoms. The molecule has 1 heterocycles. The Morgan fingerprint density at radius 3 is 2.71 bits per heavy atom. The van der Waals surface area contributed by atoms with Crippen LogP contribution < -0.4 is 10.6 Å². The number of carbonyl (C=O) groups is 2. The van der Waals surface area contributed by atoms with Gasteiger partial charge in [0.2, 0.25) is 11.8 Å². The molecule has 0 aromatic carbocycles. The average molecular weight is 199 g/mol. The number of likely N-dealkylation sites (N-methyl/N-ethyl adjacent to an activating group) is 1. The molecule has 2 N–H and O–H groups in total. The monoisotopic (exact) mass is 199 g/mol. The molecule has 1 unspecified atom stereocenters. The third-order valence-corrected chi connectivity index (χ3v) is 2.34. The van der Waals surface area contributed by atoms with Gasteiger partial charge in [-0.1, -0.05) is 0 Å². The Kier molecular flexibility index (Phi) is 3.88. The van der Waals surface area contributed by atoms with Crippen molar-refractivity contribution in [3.63, 3.8) is 0 Å². The largest absolute Gasteiger partial charge is 0.347 e. The van der Waals surface area contributed by atoms with Crippen molar-refractivity contribution in [1.82, 2.24) is 15.5 Å². The molecule has 0 spiro atoms. The highest BCUT2D eigenvalue weighted by Crippen LogP contribution is 2.06. The number of carbonyl (C=O) groups excluding carboxylic acids is 2. The molecule has 0 aromatic heterocycles. The summed E-state index contributed by atoms with van der Waals surface area (Å²) >= 11 is 0. The van der Waals surface area contributed by atoms with Crippen LogP contribution in [0.5, 0.6) is 0 Å². The minimum Gasteiger partial charge on any atom is -0.347 e. The van der Waals surface area contributed by atoms with E-state index in [1.54, 1.807) is 14.1 Å². The number of hydrogen-bond donors (Lipinski definition) is 2. The van der Waals surface area contributed by atoms with E-state index >= 15 is 0 Å². The van der Waals surface area contributed by atoms with E-state index in [4.69, 9.17) is 0 Å². The first-order valence-corrected chi connectivity index (χ1v) is 4.80. The van der Waals surface area contributed by atoms with Crippen LogP contribution in [0.1, 0.15) is 6.42 Å². The Balaban J connectivity index is 2.23. The Morgan fingerprint density at radius 1 is 1.50 bits per heavy atom. The van der Waals surface area contributed by atoms with Gasteiger partial charge in [-0.2, -0.15) is 0 Å². The van der Waals surface area contributed by atoms with E-state index < -0.39 is 0 Å². The summed E-state index contributed by atoms with van der Waals surface area (Å²) < 4.78 is 0. The normalized spacial score (nSPS) is 20.6. The van der Waals surface area contributed by atoms with Gasteiger partial charge in [0.1, 0.15) is 0 Å². The van der Waals surface area contributed by atoms with E-state index in [-0.39, 0.29) is 24.3 Å². The van der Waals surface area contributed by atoms with Crippen LogP contribution in [0.15, 0.2) is 0 Å². The third-order valence-electron chi connectivity index (χ3n) is 2.34. The van der Waals surface area contributed by atoms with Crippen LogP contribution in [0, 0.1) is 5.92 Å². The third kappa shape index (κ3) is 2.99. The predicted molar refractivity (Wildman–Crippen MR) is 52.7 cm³/mol. The van der Waals surface area contributed by atoms with Gasteiger partial charge in [0.15, 0.2) is 0 Å². The fourth-order valence-electron chi connectivity index (χ4n) is 1.34. The van der Waals surface area contributed by atoms with Crippen molar-refractivity contribution in [2.24, 2.45) is 5.92 Å². The van der Waals surface area contributed by atoms with Crippen molar-refractivity contribution in [2.45, 2.75) is 6.42 Å². The maximum Gasteiger partial charge on any atom is 0.241 e. The van der Waals surface area contributed by atoms with Gasteiger partial charge in [0.25, 0.3) is 0 Å². The molecule has 2 amide bonds. The number of rotatable bonds is 3. The fraction of sp³-hybridized carbons (Fsp3) is 0.778. The molecule has 1 atom stereocenters. The van der Waals surface area contributed by atoms with Crippen LogP contribution in [0.25, 0.3) is 0 Å². The van der Waals surface area contributed by atoms with E-state index in [0.717, 1.165) is 19.5 Å². The van der Waals surface area contributed by atoms with Crippen LogP contribution in [-0.2, 0) is 9.59 Å². The van der Waals surface area contributed by atoms with Gasteiger partial charge in [-0.15, -0.1) is 0 Å². The van der Waals surface area contributed by atoms with Crippen molar-refractivity contribution in [3.05, 3.63) is 0 Å². The van der Waals surface area contributed by atoms with E-state index in [1.165, 1.54) is 4.90 Å². The van der Waals surface area contributed by atoms with Gasteiger partial charge in [-0.05, 0) is 13.0 Å². The summed E-state index contributed by atoms with van der Waals surface area (Å²) in [5.74, 6) is -0.0699. The zero-order valence-electron chi connectivity index (χ0n) is 8.67. The lowest BCUT2D eigenvalue weighted by Crippen LogP contribution is -2.39. The van der Waals surface area contributed by atoms with Gasteiger partial charge in [-0.25, -0.2) is 0 Å². The molecule has 1 rings (SSSR count). The second-order valence-electron chi connectivity index (χ2n) is 3.70. The highest BCUT2D eigenvalue weighted by atomic mass is 16.2. The zero-order valence-corrected chi connectivity index (χ0v) is 8.67. The highest BCUT2D eigenvalue weighted by molar-refractivity contribution is 5.85. The Morgan fingerprint density at radius 2 is 2.21 bits per heavy atom. The lowest BCUT2D eigenvalue weighted by molar-refractivity contribution is -0.132. The quantitative estimate of drug-likeness (QED) is 0.600. The molecule has 5 nitrogen and oxygen atoms in total. The van der Waals surface area contributed by atoms with Gasteiger partial charge in [-0.3, -0.25) is 9.59 Å². The van der Waals surface area contributed by atoms with Crippen molar-refractivity contribution in [3.8, 4) is 0 Å². The van der Waals surface area contributed by atoms with Crippen LogP contribution in [-0.4, -0.2) is 50.4 Å². The first-order chi connectivity index (χ1) is 6.61. The maximum atomic E-state index is 11.5. The number of hydrogen-bond acceptors (Lipinski definition) is 3. The first kappa shape index (κ1) is 11.0.